The molecule has 3 N–H and O–H groups in total. The summed E-state index contributed by atoms with van der Waals surface area (Å²) < 4.78 is 0. The van der Waals surface area contributed by atoms with Crippen molar-refractivity contribution in [3.8, 4) is 0 Å². The summed E-state index contributed by atoms with van der Waals surface area (Å²) in [5.74, 6) is 0.309. The predicted octanol–water partition coefficient (Wildman–Crippen LogP) is 2.84. The molecule has 0 spiro atoms. The molecule has 4 nitrogen and oxygen atoms in total. The van der Waals surface area contributed by atoms with Gasteiger partial charge in [0.2, 0.25) is 5.91 Å². The Balaban J connectivity index is 2.65. The SMILES string of the molecule is CCN(CC)Cc1cccc(NC(=O)C(N)CC(C)C)c1. The molecule has 1 amide bonds. The molecule has 0 fully saturated rings. The van der Waals surface area contributed by atoms with Gasteiger partial charge in [-0.25, -0.2) is 0 Å². The summed E-state index contributed by atoms with van der Waals surface area (Å²) in [7, 11) is 0. The zero-order valence-corrected chi connectivity index (χ0v) is 13.7. The number of anilines is 1. The van der Waals surface area contributed by atoms with Gasteiger partial charge in [-0.05, 0) is 43.1 Å². The highest BCUT2D eigenvalue weighted by Gasteiger charge is 2.15. The zero-order valence-electron chi connectivity index (χ0n) is 13.7. The number of hydrogen-bond acceptors (Lipinski definition) is 3. The number of carbonyl (C=O) groups is 1. The van der Waals surface area contributed by atoms with Crippen LogP contribution in [-0.2, 0) is 11.3 Å². The molecule has 0 aliphatic heterocycles. The molecule has 1 unspecified atom stereocenters. The van der Waals surface area contributed by atoms with Gasteiger partial charge in [-0.15, -0.1) is 0 Å². The van der Waals surface area contributed by atoms with Crippen LogP contribution in [0.3, 0.4) is 0 Å². The van der Waals surface area contributed by atoms with E-state index in [2.05, 4.69) is 44.0 Å². The minimum Gasteiger partial charge on any atom is -0.325 e. The average Bonchev–Trinajstić information content (AvgIpc) is 2.44. The second-order valence-electron chi connectivity index (χ2n) is 5.89. The summed E-state index contributed by atoms with van der Waals surface area (Å²) in [5.41, 5.74) is 7.93. The molecule has 0 radical (unpaired) electrons. The van der Waals surface area contributed by atoms with E-state index in [-0.39, 0.29) is 5.91 Å². The molecule has 118 valence electrons. The van der Waals surface area contributed by atoms with Gasteiger partial charge in [0, 0.05) is 12.2 Å². The second-order valence-corrected chi connectivity index (χ2v) is 5.89. The normalized spacial score (nSPS) is 12.7. The van der Waals surface area contributed by atoms with E-state index in [9.17, 15) is 4.79 Å². The third-order valence-electron chi connectivity index (χ3n) is 3.56. The Morgan fingerprint density at radius 1 is 1.29 bits per heavy atom. The van der Waals surface area contributed by atoms with Gasteiger partial charge in [-0.1, -0.05) is 39.8 Å². The summed E-state index contributed by atoms with van der Waals surface area (Å²) in [6.45, 7) is 11.4. The monoisotopic (exact) mass is 291 g/mol. The molecule has 0 saturated heterocycles. The number of nitrogens with one attached hydrogen (secondary N) is 1. The zero-order chi connectivity index (χ0) is 15.8. The summed E-state index contributed by atoms with van der Waals surface area (Å²) in [4.78, 5) is 14.4. The molecule has 21 heavy (non-hydrogen) atoms. The van der Waals surface area contributed by atoms with Crippen molar-refractivity contribution >= 4 is 11.6 Å². The van der Waals surface area contributed by atoms with Gasteiger partial charge >= 0.3 is 0 Å². The maximum atomic E-state index is 12.0. The van der Waals surface area contributed by atoms with Crippen LogP contribution in [0.4, 0.5) is 5.69 Å². The molecule has 4 heteroatoms. The summed E-state index contributed by atoms with van der Waals surface area (Å²) >= 11 is 0. The van der Waals surface area contributed by atoms with Crippen molar-refractivity contribution in [2.24, 2.45) is 11.7 Å². The molecule has 0 aliphatic carbocycles. The van der Waals surface area contributed by atoms with E-state index in [1.165, 1.54) is 5.56 Å². The molecule has 1 aromatic carbocycles. The van der Waals surface area contributed by atoms with Crippen LogP contribution in [0.15, 0.2) is 24.3 Å². The van der Waals surface area contributed by atoms with E-state index >= 15 is 0 Å². The first-order valence-electron chi connectivity index (χ1n) is 7.84. The molecule has 0 saturated carbocycles. The number of nitrogens with two attached hydrogens (primary N) is 1. The fourth-order valence-corrected chi connectivity index (χ4v) is 2.30. The Morgan fingerprint density at radius 3 is 2.52 bits per heavy atom. The van der Waals surface area contributed by atoms with Crippen LogP contribution in [0.5, 0.6) is 0 Å². The minimum atomic E-state index is -0.448. The highest BCUT2D eigenvalue weighted by atomic mass is 16.2. The van der Waals surface area contributed by atoms with Gasteiger partial charge in [0.1, 0.15) is 0 Å². The van der Waals surface area contributed by atoms with E-state index < -0.39 is 6.04 Å². The Kier molecular flexibility index (Phi) is 7.40. The fourth-order valence-electron chi connectivity index (χ4n) is 2.30. The predicted molar refractivity (Wildman–Crippen MR) is 89.1 cm³/mol. The molecule has 1 atom stereocenters. The van der Waals surface area contributed by atoms with Crippen LogP contribution < -0.4 is 11.1 Å². The molecular formula is C17H29N3O. The van der Waals surface area contributed by atoms with E-state index in [0.29, 0.717) is 12.3 Å². The number of benzene rings is 1. The number of amides is 1. The highest BCUT2D eigenvalue weighted by Crippen LogP contribution is 2.14. The fraction of sp³-hybridized carbons (Fsp3) is 0.588. The first kappa shape index (κ1) is 17.7. The largest absolute Gasteiger partial charge is 0.325 e. The van der Waals surface area contributed by atoms with Crippen molar-refractivity contribution in [1.29, 1.82) is 0 Å². The molecule has 0 bridgehead atoms. The topological polar surface area (TPSA) is 58.4 Å². The Hall–Kier alpha value is -1.39. The van der Waals surface area contributed by atoms with Gasteiger partial charge in [-0.2, -0.15) is 0 Å². The van der Waals surface area contributed by atoms with Crippen LogP contribution in [-0.4, -0.2) is 29.9 Å². The Morgan fingerprint density at radius 2 is 1.95 bits per heavy atom. The summed E-state index contributed by atoms with van der Waals surface area (Å²) in [6, 6.07) is 7.55. The molecule has 1 rings (SSSR count). The lowest BCUT2D eigenvalue weighted by molar-refractivity contribution is -0.117. The van der Waals surface area contributed by atoms with Gasteiger partial charge < -0.3 is 11.1 Å². The van der Waals surface area contributed by atoms with Crippen molar-refractivity contribution < 1.29 is 4.79 Å². The van der Waals surface area contributed by atoms with E-state index in [0.717, 1.165) is 25.3 Å². The van der Waals surface area contributed by atoms with E-state index in [4.69, 9.17) is 5.73 Å². The van der Waals surface area contributed by atoms with Crippen molar-refractivity contribution in [3.05, 3.63) is 29.8 Å². The van der Waals surface area contributed by atoms with Crippen LogP contribution in [0.25, 0.3) is 0 Å². The lowest BCUT2D eigenvalue weighted by Gasteiger charge is -2.19. The third kappa shape index (κ3) is 6.27. The second kappa shape index (κ2) is 8.80. The summed E-state index contributed by atoms with van der Waals surface area (Å²) in [5, 5.41) is 2.91. The third-order valence-corrected chi connectivity index (χ3v) is 3.56. The molecule has 0 aromatic heterocycles. The standard InChI is InChI=1S/C17H29N3O/c1-5-20(6-2)12-14-8-7-9-15(11-14)19-17(21)16(18)10-13(3)4/h7-9,11,13,16H,5-6,10,12,18H2,1-4H3,(H,19,21). The van der Waals surface area contributed by atoms with E-state index in [1.54, 1.807) is 0 Å². The smallest absolute Gasteiger partial charge is 0.241 e. The van der Waals surface area contributed by atoms with Crippen LogP contribution in [0.2, 0.25) is 0 Å². The van der Waals surface area contributed by atoms with Crippen molar-refractivity contribution in [2.45, 2.75) is 46.7 Å². The van der Waals surface area contributed by atoms with Crippen molar-refractivity contribution in [1.82, 2.24) is 4.90 Å². The van der Waals surface area contributed by atoms with Crippen LogP contribution in [0.1, 0.15) is 39.7 Å². The lowest BCUT2D eigenvalue weighted by atomic mass is 10.0. The maximum Gasteiger partial charge on any atom is 0.241 e. The molecular weight excluding hydrogens is 262 g/mol. The quantitative estimate of drug-likeness (QED) is 0.774. The van der Waals surface area contributed by atoms with Gasteiger partial charge in [0.15, 0.2) is 0 Å². The number of hydrogen-bond donors (Lipinski definition) is 2. The average molecular weight is 291 g/mol. The minimum absolute atomic E-state index is 0.108. The number of carbonyl (C=O) groups excluding carboxylic acids is 1. The number of rotatable bonds is 8. The van der Waals surface area contributed by atoms with Crippen LogP contribution >= 0.6 is 0 Å². The van der Waals surface area contributed by atoms with Crippen LogP contribution in [0, 0.1) is 5.92 Å². The Labute approximate surface area is 128 Å². The maximum absolute atomic E-state index is 12.0. The molecule has 0 aliphatic rings. The Bertz CT molecular complexity index is 441. The van der Waals surface area contributed by atoms with Crippen molar-refractivity contribution in [3.63, 3.8) is 0 Å². The van der Waals surface area contributed by atoms with Gasteiger partial charge in [0.25, 0.3) is 0 Å². The number of nitrogens with zero attached hydrogens (tertiary/aromatic N) is 1. The van der Waals surface area contributed by atoms with Gasteiger partial charge in [0.05, 0.1) is 6.04 Å². The van der Waals surface area contributed by atoms with Gasteiger partial charge in [-0.3, -0.25) is 9.69 Å². The summed E-state index contributed by atoms with van der Waals surface area (Å²) in [6.07, 6.45) is 0.699. The first-order valence-corrected chi connectivity index (χ1v) is 7.84. The molecule has 1 aromatic rings. The van der Waals surface area contributed by atoms with Crippen molar-refractivity contribution in [2.75, 3.05) is 18.4 Å². The highest BCUT2D eigenvalue weighted by molar-refractivity contribution is 5.94. The lowest BCUT2D eigenvalue weighted by Crippen LogP contribution is -2.36. The van der Waals surface area contributed by atoms with E-state index in [1.807, 2.05) is 18.2 Å². The first-order chi connectivity index (χ1) is 9.96. The molecule has 0 heterocycles.